The first-order valence-corrected chi connectivity index (χ1v) is 8.20. The fourth-order valence-corrected chi connectivity index (χ4v) is 3.16. The number of carbonyl (C=O) groups excluding carboxylic acids is 3. The Morgan fingerprint density at radius 3 is 2.56 bits per heavy atom. The van der Waals surface area contributed by atoms with Crippen LogP contribution in [0.4, 0.5) is 4.79 Å². The van der Waals surface area contributed by atoms with Gasteiger partial charge in [0, 0.05) is 25.2 Å². The summed E-state index contributed by atoms with van der Waals surface area (Å²) < 4.78 is 5.28. The predicted molar refractivity (Wildman–Crippen MR) is 88.2 cm³/mol. The molecule has 2 aliphatic heterocycles. The van der Waals surface area contributed by atoms with Crippen LogP contribution in [-0.4, -0.2) is 83.1 Å². The van der Waals surface area contributed by atoms with Gasteiger partial charge >= 0.3 is 6.09 Å². The van der Waals surface area contributed by atoms with Crippen molar-refractivity contribution in [2.24, 2.45) is 0 Å². The maximum atomic E-state index is 12.5. The fraction of sp³-hybridized carbons (Fsp3) is 0.438. The second-order valence-corrected chi connectivity index (χ2v) is 6.40. The van der Waals surface area contributed by atoms with Crippen molar-refractivity contribution in [3.8, 4) is 5.75 Å². The highest BCUT2D eigenvalue weighted by atomic mass is 35.5. The van der Waals surface area contributed by atoms with Crippen molar-refractivity contribution in [2.75, 3.05) is 33.3 Å². The lowest BCUT2D eigenvalue weighted by atomic mass is 10.0. The molecule has 0 aromatic heterocycles. The number of piperazine rings is 2. The Balaban J connectivity index is 1.69. The number of nitrogens with zero attached hydrogens (tertiary/aromatic N) is 3. The van der Waals surface area contributed by atoms with Gasteiger partial charge < -0.3 is 24.5 Å². The Kier molecular flexibility index (Phi) is 4.82. The van der Waals surface area contributed by atoms with E-state index in [2.05, 4.69) is 0 Å². The molecule has 0 saturated carbocycles. The average molecular weight is 368 g/mol. The van der Waals surface area contributed by atoms with E-state index in [4.69, 9.17) is 16.3 Å². The van der Waals surface area contributed by atoms with Crippen LogP contribution in [0.5, 0.6) is 5.75 Å². The highest BCUT2D eigenvalue weighted by Gasteiger charge is 2.47. The minimum atomic E-state index is -0.865. The van der Waals surface area contributed by atoms with Crippen LogP contribution in [0.25, 0.3) is 0 Å². The molecule has 2 saturated heterocycles. The zero-order valence-corrected chi connectivity index (χ0v) is 14.3. The number of benzene rings is 1. The van der Waals surface area contributed by atoms with Crippen LogP contribution in [0.2, 0.25) is 5.02 Å². The molecule has 1 N–H and O–H groups in total. The van der Waals surface area contributed by atoms with E-state index in [-0.39, 0.29) is 31.4 Å². The molecule has 2 aliphatic rings. The van der Waals surface area contributed by atoms with E-state index in [0.717, 1.165) is 0 Å². The van der Waals surface area contributed by atoms with Crippen LogP contribution in [0, 0.1) is 0 Å². The quantitative estimate of drug-likeness (QED) is 0.805. The molecule has 0 radical (unpaired) electrons. The number of aliphatic hydroxyl groups is 1. The van der Waals surface area contributed by atoms with Crippen LogP contribution in [0.3, 0.4) is 0 Å². The lowest BCUT2D eigenvalue weighted by Crippen LogP contribution is -2.70. The van der Waals surface area contributed by atoms with Crippen LogP contribution >= 0.6 is 11.6 Å². The van der Waals surface area contributed by atoms with Gasteiger partial charge in [0.05, 0.1) is 13.2 Å². The van der Waals surface area contributed by atoms with Crippen LogP contribution in [-0.2, 0) is 9.59 Å². The number of amides is 3. The minimum absolute atomic E-state index is 0.0550. The molecule has 0 spiro atoms. The molecule has 8 nitrogen and oxygen atoms in total. The van der Waals surface area contributed by atoms with Gasteiger partial charge in [0.1, 0.15) is 17.8 Å². The maximum absolute atomic E-state index is 12.5. The monoisotopic (exact) mass is 367 g/mol. The Morgan fingerprint density at radius 2 is 1.92 bits per heavy atom. The molecule has 134 valence electrons. The summed E-state index contributed by atoms with van der Waals surface area (Å²) >= 11 is 5.79. The Morgan fingerprint density at radius 1 is 1.24 bits per heavy atom. The zero-order chi connectivity index (χ0) is 18.1. The molecule has 0 bridgehead atoms. The molecular formula is C16H18ClN3O5. The summed E-state index contributed by atoms with van der Waals surface area (Å²) in [6.45, 7) is 0.102. The number of aliphatic hydroxyl groups excluding tert-OH is 1. The lowest BCUT2D eigenvalue weighted by molar-refractivity contribution is -0.164. The second-order valence-electron chi connectivity index (χ2n) is 5.96. The Labute approximate surface area is 149 Å². The van der Waals surface area contributed by atoms with Gasteiger partial charge in [-0.05, 0) is 24.3 Å². The summed E-state index contributed by atoms with van der Waals surface area (Å²) in [6, 6.07) is 4.74. The summed E-state index contributed by atoms with van der Waals surface area (Å²) in [7, 11) is 1.48. The number of halogens is 1. The van der Waals surface area contributed by atoms with E-state index in [0.29, 0.717) is 10.8 Å². The predicted octanol–water partition coefficient (Wildman–Crippen LogP) is 0.184. The van der Waals surface area contributed by atoms with Crippen molar-refractivity contribution in [1.29, 1.82) is 0 Å². The number of rotatable bonds is 2. The van der Waals surface area contributed by atoms with Crippen molar-refractivity contribution < 1.29 is 24.2 Å². The first-order chi connectivity index (χ1) is 11.9. The highest BCUT2D eigenvalue weighted by Crippen LogP contribution is 2.22. The minimum Gasteiger partial charge on any atom is -0.410 e. The van der Waals surface area contributed by atoms with E-state index in [9.17, 15) is 19.5 Å². The van der Waals surface area contributed by atoms with E-state index in [1.807, 2.05) is 0 Å². The summed E-state index contributed by atoms with van der Waals surface area (Å²) in [6.07, 6.45) is -0.589. The van der Waals surface area contributed by atoms with Crippen molar-refractivity contribution in [2.45, 2.75) is 12.1 Å². The SMILES string of the molecule is CN1C(=O)[C@H]2CN(C(=O)Oc3ccc(Cl)cc3)CCN2C(=O)[C@@H]1CO. The average Bonchev–Trinajstić information content (AvgIpc) is 2.62. The van der Waals surface area contributed by atoms with Gasteiger partial charge in [0.15, 0.2) is 0 Å². The maximum Gasteiger partial charge on any atom is 0.415 e. The van der Waals surface area contributed by atoms with Gasteiger partial charge in [-0.15, -0.1) is 0 Å². The van der Waals surface area contributed by atoms with Crippen molar-refractivity contribution in [3.05, 3.63) is 29.3 Å². The molecule has 9 heteroatoms. The number of hydrogen-bond acceptors (Lipinski definition) is 5. The normalized spacial score (nSPS) is 23.6. The van der Waals surface area contributed by atoms with Crippen LogP contribution < -0.4 is 4.74 Å². The van der Waals surface area contributed by atoms with E-state index >= 15 is 0 Å². The Bertz CT molecular complexity index is 696. The van der Waals surface area contributed by atoms with E-state index < -0.39 is 24.8 Å². The molecule has 0 aliphatic carbocycles. The smallest absolute Gasteiger partial charge is 0.410 e. The third-order valence-electron chi connectivity index (χ3n) is 4.50. The third kappa shape index (κ3) is 3.27. The van der Waals surface area contributed by atoms with Gasteiger partial charge in [0.2, 0.25) is 11.8 Å². The number of likely N-dealkylation sites (N-methyl/N-ethyl adjacent to an activating group) is 1. The summed E-state index contributed by atoms with van der Waals surface area (Å²) in [5.74, 6) is -0.261. The van der Waals surface area contributed by atoms with Crippen molar-refractivity contribution in [3.63, 3.8) is 0 Å². The first-order valence-electron chi connectivity index (χ1n) is 7.82. The molecule has 2 heterocycles. The first kappa shape index (κ1) is 17.5. The topological polar surface area (TPSA) is 90.4 Å². The zero-order valence-electron chi connectivity index (χ0n) is 13.6. The summed E-state index contributed by atoms with van der Waals surface area (Å²) in [4.78, 5) is 41.2. The van der Waals surface area contributed by atoms with Gasteiger partial charge in [-0.3, -0.25) is 9.59 Å². The van der Waals surface area contributed by atoms with Crippen molar-refractivity contribution >= 4 is 29.5 Å². The summed E-state index contributed by atoms with van der Waals surface area (Å²) in [5.41, 5.74) is 0. The van der Waals surface area contributed by atoms with Gasteiger partial charge in [-0.25, -0.2) is 4.79 Å². The standard InChI is InChI=1S/C16H18ClN3O5/c1-18-13(9-21)15(23)20-7-6-19(8-12(20)14(18)22)16(24)25-11-4-2-10(17)3-5-11/h2-5,12-13,21H,6-9H2,1H3/t12-,13+/m1/s1. The number of carbonyl (C=O) groups is 3. The van der Waals surface area contributed by atoms with E-state index in [1.165, 1.54) is 21.7 Å². The fourth-order valence-electron chi connectivity index (χ4n) is 3.04. The molecule has 2 atom stereocenters. The third-order valence-corrected chi connectivity index (χ3v) is 4.75. The molecular weight excluding hydrogens is 350 g/mol. The summed E-state index contributed by atoms with van der Waals surface area (Å²) in [5, 5.41) is 9.86. The molecule has 3 rings (SSSR count). The lowest BCUT2D eigenvalue weighted by Gasteiger charge is -2.47. The van der Waals surface area contributed by atoms with E-state index in [1.54, 1.807) is 24.3 Å². The van der Waals surface area contributed by atoms with Crippen LogP contribution in [0.1, 0.15) is 0 Å². The number of ether oxygens (including phenoxy) is 1. The molecule has 2 fully saturated rings. The van der Waals surface area contributed by atoms with Gasteiger partial charge in [0.25, 0.3) is 0 Å². The largest absolute Gasteiger partial charge is 0.415 e. The second kappa shape index (κ2) is 6.89. The van der Waals surface area contributed by atoms with Crippen LogP contribution in [0.15, 0.2) is 24.3 Å². The Hall–Kier alpha value is -2.32. The molecule has 1 aromatic rings. The van der Waals surface area contributed by atoms with Gasteiger partial charge in [-0.1, -0.05) is 11.6 Å². The molecule has 1 aromatic carbocycles. The number of hydrogen-bond donors (Lipinski definition) is 1. The number of fused-ring (bicyclic) bond motifs is 1. The van der Waals surface area contributed by atoms with Gasteiger partial charge in [-0.2, -0.15) is 0 Å². The highest BCUT2D eigenvalue weighted by molar-refractivity contribution is 6.30. The van der Waals surface area contributed by atoms with Crippen molar-refractivity contribution in [1.82, 2.24) is 14.7 Å². The molecule has 25 heavy (non-hydrogen) atoms. The molecule has 3 amide bonds. The molecule has 0 unspecified atom stereocenters.